The van der Waals surface area contributed by atoms with E-state index in [9.17, 15) is 0 Å². The lowest BCUT2D eigenvalue weighted by Crippen LogP contribution is -2.28. The second-order valence-corrected chi connectivity index (χ2v) is 3.90. The topological polar surface area (TPSA) is 61.3 Å². The average Bonchev–Trinajstić information content (AvgIpc) is 2.36. The predicted molar refractivity (Wildman–Crippen MR) is 70.4 cm³/mol. The van der Waals surface area contributed by atoms with Gasteiger partial charge in [-0.05, 0) is 12.8 Å². The van der Waals surface area contributed by atoms with Crippen molar-refractivity contribution in [2.75, 3.05) is 36.5 Å². The first kappa shape index (κ1) is 13.7. The van der Waals surface area contributed by atoms with Gasteiger partial charge < -0.3 is 15.3 Å². The molecule has 0 atom stereocenters. The molecular weight excluding hydrogens is 216 g/mol. The molecule has 0 fully saturated rings. The van der Waals surface area contributed by atoms with Crippen LogP contribution in [-0.4, -0.2) is 41.3 Å². The van der Waals surface area contributed by atoms with Gasteiger partial charge in [0.05, 0.1) is 6.61 Å². The molecule has 1 rings (SSSR count). The quantitative estimate of drug-likeness (QED) is 0.719. The first-order valence-electron chi connectivity index (χ1n) is 6.23. The van der Waals surface area contributed by atoms with Crippen molar-refractivity contribution in [1.29, 1.82) is 0 Å². The molecule has 0 saturated carbocycles. The van der Waals surface area contributed by atoms with Crippen molar-refractivity contribution in [3.8, 4) is 0 Å². The van der Waals surface area contributed by atoms with Crippen molar-refractivity contribution in [2.45, 2.75) is 26.7 Å². The molecule has 0 unspecified atom stereocenters. The minimum absolute atomic E-state index is 0.141. The molecule has 96 valence electrons. The summed E-state index contributed by atoms with van der Waals surface area (Å²) in [6.45, 7) is 6.78. The Morgan fingerprint density at radius 2 is 2.06 bits per heavy atom. The van der Waals surface area contributed by atoms with E-state index in [1.54, 1.807) is 6.33 Å². The number of hydrogen-bond donors (Lipinski definition) is 2. The molecule has 1 heterocycles. The molecule has 5 nitrogen and oxygen atoms in total. The van der Waals surface area contributed by atoms with Crippen LogP contribution >= 0.6 is 0 Å². The third kappa shape index (κ3) is 4.56. The lowest BCUT2D eigenvalue weighted by Gasteiger charge is -2.22. The third-order valence-corrected chi connectivity index (χ3v) is 2.40. The van der Waals surface area contributed by atoms with Crippen LogP contribution in [0.3, 0.4) is 0 Å². The van der Waals surface area contributed by atoms with E-state index >= 15 is 0 Å². The normalized spacial score (nSPS) is 10.3. The van der Waals surface area contributed by atoms with Gasteiger partial charge in [0.25, 0.3) is 0 Å². The first-order valence-corrected chi connectivity index (χ1v) is 6.23. The molecule has 2 N–H and O–H groups in total. The van der Waals surface area contributed by atoms with Crippen LogP contribution in [0.2, 0.25) is 0 Å². The lowest BCUT2D eigenvalue weighted by molar-refractivity contribution is 0.301. The van der Waals surface area contributed by atoms with E-state index < -0.39 is 0 Å². The van der Waals surface area contributed by atoms with Crippen LogP contribution in [0.25, 0.3) is 0 Å². The van der Waals surface area contributed by atoms with Crippen LogP contribution in [0.15, 0.2) is 12.4 Å². The SMILES string of the molecule is CCCNc1cc(N(CCC)CCO)ncn1. The monoisotopic (exact) mass is 238 g/mol. The van der Waals surface area contributed by atoms with Gasteiger partial charge in [0.2, 0.25) is 0 Å². The molecule has 0 amide bonds. The van der Waals surface area contributed by atoms with E-state index in [0.717, 1.165) is 37.6 Å². The fourth-order valence-electron chi connectivity index (χ4n) is 1.60. The molecule has 0 aliphatic rings. The van der Waals surface area contributed by atoms with Crippen LogP contribution in [0, 0.1) is 0 Å². The smallest absolute Gasteiger partial charge is 0.134 e. The molecule has 0 saturated heterocycles. The fourth-order valence-corrected chi connectivity index (χ4v) is 1.60. The van der Waals surface area contributed by atoms with Gasteiger partial charge in [-0.3, -0.25) is 0 Å². The van der Waals surface area contributed by atoms with Crippen molar-refractivity contribution in [2.24, 2.45) is 0 Å². The van der Waals surface area contributed by atoms with Crippen molar-refractivity contribution in [3.63, 3.8) is 0 Å². The van der Waals surface area contributed by atoms with Gasteiger partial charge in [-0.1, -0.05) is 13.8 Å². The fraction of sp³-hybridized carbons (Fsp3) is 0.667. The largest absolute Gasteiger partial charge is 0.395 e. The van der Waals surface area contributed by atoms with E-state index in [1.165, 1.54) is 0 Å². The summed E-state index contributed by atoms with van der Waals surface area (Å²) >= 11 is 0. The second-order valence-electron chi connectivity index (χ2n) is 3.90. The molecular formula is C12H22N4O. The van der Waals surface area contributed by atoms with Crippen molar-refractivity contribution < 1.29 is 5.11 Å². The zero-order valence-corrected chi connectivity index (χ0v) is 10.7. The standard InChI is InChI=1S/C12H22N4O/c1-3-5-13-11-9-12(15-10-14-11)16(6-4-2)7-8-17/h9-10,17H,3-8H2,1-2H3,(H,13,14,15). The van der Waals surface area contributed by atoms with Gasteiger partial charge in [0.15, 0.2) is 0 Å². The molecule has 17 heavy (non-hydrogen) atoms. The third-order valence-electron chi connectivity index (χ3n) is 2.40. The molecule has 0 aliphatic heterocycles. The number of aliphatic hydroxyl groups excluding tert-OH is 1. The Hall–Kier alpha value is -1.36. The maximum Gasteiger partial charge on any atom is 0.134 e. The maximum absolute atomic E-state index is 9.03. The molecule has 0 spiro atoms. The zero-order chi connectivity index (χ0) is 12.5. The van der Waals surface area contributed by atoms with E-state index in [2.05, 4.69) is 34.0 Å². The lowest BCUT2D eigenvalue weighted by atomic mass is 10.3. The van der Waals surface area contributed by atoms with Gasteiger partial charge in [0, 0.05) is 25.7 Å². The van der Waals surface area contributed by atoms with E-state index in [0.29, 0.717) is 6.54 Å². The highest BCUT2D eigenvalue weighted by molar-refractivity contribution is 5.48. The van der Waals surface area contributed by atoms with Crippen LogP contribution in [0.5, 0.6) is 0 Å². The Bertz CT molecular complexity index is 313. The van der Waals surface area contributed by atoms with Crippen LogP contribution < -0.4 is 10.2 Å². The Balaban J connectivity index is 2.72. The maximum atomic E-state index is 9.03. The van der Waals surface area contributed by atoms with E-state index in [1.807, 2.05) is 6.07 Å². The van der Waals surface area contributed by atoms with Gasteiger partial charge in [-0.15, -0.1) is 0 Å². The summed E-state index contributed by atoms with van der Waals surface area (Å²) in [6, 6.07) is 1.93. The van der Waals surface area contributed by atoms with Gasteiger partial charge in [-0.2, -0.15) is 0 Å². The first-order chi connectivity index (χ1) is 8.31. The highest BCUT2D eigenvalue weighted by Crippen LogP contribution is 2.14. The summed E-state index contributed by atoms with van der Waals surface area (Å²) in [7, 11) is 0. The van der Waals surface area contributed by atoms with Gasteiger partial charge in [-0.25, -0.2) is 9.97 Å². The Kier molecular flexibility index (Phi) is 6.32. The molecule has 5 heteroatoms. The number of rotatable bonds is 8. The number of nitrogens with one attached hydrogen (secondary N) is 1. The van der Waals surface area contributed by atoms with Crippen LogP contribution in [-0.2, 0) is 0 Å². The summed E-state index contributed by atoms with van der Waals surface area (Å²) in [5, 5.41) is 12.3. The molecule has 0 aliphatic carbocycles. The number of anilines is 2. The summed E-state index contributed by atoms with van der Waals surface area (Å²) in [5.41, 5.74) is 0. The summed E-state index contributed by atoms with van der Waals surface area (Å²) in [5.74, 6) is 1.71. The number of nitrogens with zero attached hydrogens (tertiary/aromatic N) is 3. The summed E-state index contributed by atoms with van der Waals surface area (Å²) in [6.07, 6.45) is 3.66. The minimum Gasteiger partial charge on any atom is -0.395 e. The zero-order valence-electron chi connectivity index (χ0n) is 10.7. The van der Waals surface area contributed by atoms with Crippen LogP contribution in [0.4, 0.5) is 11.6 Å². The van der Waals surface area contributed by atoms with Gasteiger partial charge in [0.1, 0.15) is 18.0 Å². The highest BCUT2D eigenvalue weighted by atomic mass is 16.3. The molecule has 0 bridgehead atoms. The average molecular weight is 238 g/mol. The van der Waals surface area contributed by atoms with Crippen molar-refractivity contribution in [1.82, 2.24) is 9.97 Å². The van der Waals surface area contributed by atoms with Crippen molar-refractivity contribution in [3.05, 3.63) is 12.4 Å². The molecule has 1 aromatic heterocycles. The van der Waals surface area contributed by atoms with E-state index in [-0.39, 0.29) is 6.61 Å². The molecule has 0 radical (unpaired) electrons. The van der Waals surface area contributed by atoms with E-state index in [4.69, 9.17) is 5.11 Å². The van der Waals surface area contributed by atoms with Gasteiger partial charge >= 0.3 is 0 Å². The second kappa shape index (κ2) is 7.84. The number of aromatic nitrogens is 2. The Morgan fingerprint density at radius 1 is 1.24 bits per heavy atom. The molecule has 0 aromatic carbocycles. The number of aliphatic hydroxyl groups is 1. The predicted octanol–water partition coefficient (Wildman–Crippen LogP) is 1.51. The van der Waals surface area contributed by atoms with Crippen LogP contribution in [0.1, 0.15) is 26.7 Å². The Morgan fingerprint density at radius 3 is 2.71 bits per heavy atom. The Labute approximate surface area is 103 Å². The summed E-state index contributed by atoms with van der Waals surface area (Å²) < 4.78 is 0. The number of hydrogen-bond acceptors (Lipinski definition) is 5. The minimum atomic E-state index is 0.141. The van der Waals surface area contributed by atoms with Crippen molar-refractivity contribution >= 4 is 11.6 Å². The highest BCUT2D eigenvalue weighted by Gasteiger charge is 2.07. The summed E-state index contributed by atoms with van der Waals surface area (Å²) in [4.78, 5) is 10.5. The molecule has 1 aromatic rings.